The fourth-order valence-corrected chi connectivity index (χ4v) is 2.28. The molecule has 4 nitrogen and oxygen atoms in total. The molecule has 0 spiro atoms. The van der Waals surface area contributed by atoms with Crippen LogP contribution in [-0.4, -0.2) is 15.9 Å². The molecule has 0 saturated carbocycles. The zero-order valence-electron chi connectivity index (χ0n) is 9.33. The van der Waals surface area contributed by atoms with Crippen molar-refractivity contribution in [3.63, 3.8) is 0 Å². The topological polar surface area (TPSA) is 54.9 Å². The standard InChI is InChI=1S/C13H9N3OS/c17-13(16-12-3-1-2-6-14-12)9-4-5-11-10(7-9)15-8-18-11/h1-8H,(H,14,16,17). The van der Waals surface area contributed by atoms with E-state index in [4.69, 9.17) is 0 Å². The number of amides is 1. The van der Waals surface area contributed by atoms with Crippen molar-refractivity contribution in [3.05, 3.63) is 53.7 Å². The van der Waals surface area contributed by atoms with Crippen LogP contribution in [0.2, 0.25) is 0 Å². The average molecular weight is 255 g/mol. The van der Waals surface area contributed by atoms with Crippen molar-refractivity contribution < 1.29 is 4.79 Å². The summed E-state index contributed by atoms with van der Waals surface area (Å²) in [6.07, 6.45) is 1.64. The summed E-state index contributed by atoms with van der Waals surface area (Å²) in [6.45, 7) is 0. The van der Waals surface area contributed by atoms with Gasteiger partial charge in [-0.05, 0) is 30.3 Å². The Morgan fingerprint density at radius 1 is 1.17 bits per heavy atom. The minimum absolute atomic E-state index is 0.177. The molecule has 18 heavy (non-hydrogen) atoms. The minimum atomic E-state index is -0.177. The van der Waals surface area contributed by atoms with Gasteiger partial charge in [0, 0.05) is 11.8 Å². The summed E-state index contributed by atoms with van der Waals surface area (Å²) in [5.74, 6) is 0.365. The van der Waals surface area contributed by atoms with Gasteiger partial charge in [-0.2, -0.15) is 0 Å². The third-order valence-electron chi connectivity index (χ3n) is 2.50. The third kappa shape index (κ3) is 2.08. The number of thiazole rings is 1. The maximum absolute atomic E-state index is 12.0. The molecule has 0 unspecified atom stereocenters. The van der Waals surface area contributed by atoms with E-state index in [-0.39, 0.29) is 5.91 Å². The Bertz CT molecular complexity index is 694. The Labute approximate surface area is 107 Å². The van der Waals surface area contributed by atoms with Crippen LogP contribution in [-0.2, 0) is 0 Å². The van der Waals surface area contributed by atoms with Crippen molar-refractivity contribution in [2.45, 2.75) is 0 Å². The number of hydrogen-bond donors (Lipinski definition) is 1. The van der Waals surface area contributed by atoms with Crippen LogP contribution in [0.1, 0.15) is 10.4 Å². The SMILES string of the molecule is O=C(Nc1ccccn1)c1ccc2scnc2c1. The lowest BCUT2D eigenvalue weighted by Gasteiger charge is -2.03. The van der Waals surface area contributed by atoms with E-state index in [1.807, 2.05) is 12.1 Å². The van der Waals surface area contributed by atoms with Gasteiger partial charge in [-0.15, -0.1) is 11.3 Å². The van der Waals surface area contributed by atoms with Gasteiger partial charge in [-0.3, -0.25) is 4.79 Å². The molecule has 1 N–H and O–H groups in total. The first kappa shape index (κ1) is 10.9. The first-order chi connectivity index (χ1) is 8.83. The summed E-state index contributed by atoms with van der Waals surface area (Å²) < 4.78 is 1.07. The molecule has 1 aromatic carbocycles. The Morgan fingerprint density at radius 2 is 2.11 bits per heavy atom. The monoisotopic (exact) mass is 255 g/mol. The van der Waals surface area contributed by atoms with Gasteiger partial charge in [0.05, 0.1) is 15.7 Å². The van der Waals surface area contributed by atoms with E-state index in [1.165, 1.54) is 0 Å². The average Bonchev–Trinajstić information content (AvgIpc) is 2.87. The molecule has 3 rings (SSSR count). The summed E-state index contributed by atoms with van der Waals surface area (Å²) >= 11 is 1.56. The zero-order valence-corrected chi connectivity index (χ0v) is 10.1. The molecule has 0 atom stereocenters. The summed E-state index contributed by atoms with van der Waals surface area (Å²) in [6, 6.07) is 10.9. The van der Waals surface area contributed by atoms with Gasteiger partial charge in [0.25, 0.3) is 5.91 Å². The van der Waals surface area contributed by atoms with Gasteiger partial charge < -0.3 is 5.32 Å². The highest BCUT2D eigenvalue weighted by atomic mass is 32.1. The van der Waals surface area contributed by atoms with Crippen molar-refractivity contribution in [2.75, 3.05) is 5.32 Å². The minimum Gasteiger partial charge on any atom is -0.307 e. The molecule has 88 valence electrons. The van der Waals surface area contributed by atoms with E-state index in [9.17, 15) is 4.79 Å². The lowest BCUT2D eigenvalue weighted by molar-refractivity contribution is 0.102. The number of benzene rings is 1. The van der Waals surface area contributed by atoms with Gasteiger partial charge >= 0.3 is 0 Å². The second-order valence-electron chi connectivity index (χ2n) is 3.70. The lowest BCUT2D eigenvalue weighted by atomic mass is 10.2. The quantitative estimate of drug-likeness (QED) is 0.766. The molecule has 0 bridgehead atoms. The number of fused-ring (bicyclic) bond motifs is 1. The number of pyridine rings is 1. The van der Waals surface area contributed by atoms with E-state index in [0.29, 0.717) is 11.4 Å². The third-order valence-corrected chi connectivity index (χ3v) is 3.31. The van der Waals surface area contributed by atoms with Crippen LogP contribution < -0.4 is 5.32 Å². The Kier molecular flexibility index (Phi) is 2.74. The van der Waals surface area contributed by atoms with Crippen molar-refractivity contribution >= 4 is 33.3 Å². The normalized spacial score (nSPS) is 10.4. The van der Waals surface area contributed by atoms with Crippen molar-refractivity contribution in [2.24, 2.45) is 0 Å². The van der Waals surface area contributed by atoms with Crippen LogP contribution in [0.3, 0.4) is 0 Å². The largest absolute Gasteiger partial charge is 0.307 e. The van der Waals surface area contributed by atoms with Gasteiger partial charge in [0.15, 0.2) is 0 Å². The smallest absolute Gasteiger partial charge is 0.256 e. The number of rotatable bonds is 2. The highest BCUT2D eigenvalue weighted by Gasteiger charge is 2.08. The molecule has 2 aromatic heterocycles. The molecular weight excluding hydrogens is 246 g/mol. The molecule has 5 heteroatoms. The Hall–Kier alpha value is -2.27. The molecule has 0 aliphatic rings. The first-order valence-electron chi connectivity index (χ1n) is 5.38. The number of nitrogens with one attached hydrogen (secondary N) is 1. The molecule has 0 saturated heterocycles. The predicted octanol–water partition coefficient (Wildman–Crippen LogP) is 2.94. The van der Waals surface area contributed by atoms with Crippen molar-refractivity contribution in [3.8, 4) is 0 Å². The number of hydrogen-bond acceptors (Lipinski definition) is 4. The molecule has 3 aromatic rings. The van der Waals surface area contributed by atoms with Gasteiger partial charge in [-0.25, -0.2) is 9.97 Å². The van der Waals surface area contributed by atoms with E-state index >= 15 is 0 Å². The van der Waals surface area contributed by atoms with Crippen LogP contribution in [0.4, 0.5) is 5.82 Å². The number of nitrogens with zero attached hydrogens (tertiary/aromatic N) is 2. The second-order valence-corrected chi connectivity index (χ2v) is 4.59. The number of carbonyl (C=O) groups is 1. The second kappa shape index (κ2) is 4.54. The molecule has 0 radical (unpaired) electrons. The van der Waals surface area contributed by atoms with E-state index in [2.05, 4.69) is 15.3 Å². The molecule has 0 fully saturated rings. The summed E-state index contributed by atoms with van der Waals surface area (Å²) in [5.41, 5.74) is 3.19. The van der Waals surface area contributed by atoms with E-state index < -0.39 is 0 Å². The number of anilines is 1. The number of aromatic nitrogens is 2. The van der Waals surface area contributed by atoms with Gasteiger partial charge in [0.1, 0.15) is 5.82 Å². The molecular formula is C13H9N3OS. The molecule has 1 amide bonds. The molecule has 2 heterocycles. The molecule has 0 aliphatic heterocycles. The van der Waals surface area contributed by atoms with Crippen molar-refractivity contribution in [1.29, 1.82) is 0 Å². The fraction of sp³-hybridized carbons (Fsp3) is 0. The van der Waals surface area contributed by atoms with Crippen molar-refractivity contribution in [1.82, 2.24) is 9.97 Å². The fourth-order valence-electron chi connectivity index (χ4n) is 1.62. The van der Waals surface area contributed by atoms with E-state index in [1.54, 1.807) is 47.3 Å². The van der Waals surface area contributed by atoms with Gasteiger partial charge in [-0.1, -0.05) is 6.07 Å². The maximum Gasteiger partial charge on any atom is 0.256 e. The van der Waals surface area contributed by atoms with Crippen LogP contribution in [0.5, 0.6) is 0 Å². The highest BCUT2D eigenvalue weighted by Crippen LogP contribution is 2.19. The predicted molar refractivity (Wildman–Crippen MR) is 71.8 cm³/mol. The number of carbonyl (C=O) groups excluding carboxylic acids is 1. The summed E-state index contributed by atoms with van der Waals surface area (Å²) in [4.78, 5) is 20.2. The zero-order chi connectivity index (χ0) is 12.4. The van der Waals surface area contributed by atoms with Crippen LogP contribution in [0.25, 0.3) is 10.2 Å². The first-order valence-corrected chi connectivity index (χ1v) is 6.26. The Morgan fingerprint density at radius 3 is 2.94 bits per heavy atom. The highest BCUT2D eigenvalue weighted by molar-refractivity contribution is 7.16. The van der Waals surface area contributed by atoms with Crippen LogP contribution >= 0.6 is 11.3 Å². The van der Waals surface area contributed by atoms with Gasteiger partial charge in [0.2, 0.25) is 0 Å². The Balaban J connectivity index is 1.87. The van der Waals surface area contributed by atoms with Crippen LogP contribution in [0, 0.1) is 0 Å². The molecule has 0 aliphatic carbocycles. The van der Waals surface area contributed by atoms with Crippen LogP contribution in [0.15, 0.2) is 48.1 Å². The summed E-state index contributed by atoms with van der Waals surface area (Å²) in [5, 5.41) is 2.74. The maximum atomic E-state index is 12.0. The van der Waals surface area contributed by atoms with E-state index in [0.717, 1.165) is 10.2 Å². The summed E-state index contributed by atoms with van der Waals surface area (Å²) in [7, 11) is 0. The lowest BCUT2D eigenvalue weighted by Crippen LogP contribution is -2.12.